The highest BCUT2D eigenvalue weighted by molar-refractivity contribution is 5.81. The van der Waals surface area contributed by atoms with Crippen molar-refractivity contribution >= 4 is 16.9 Å². The Hall–Kier alpha value is -2.01. The van der Waals surface area contributed by atoms with Gasteiger partial charge in [0.1, 0.15) is 5.82 Å². The van der Waals surface area contributed by atoms with Crippen LogP contribution in [0, 0.1) is 11.7 Å². The maximum absolute atomic E-state index is 13.8. The third kappa shape index (κ3) is 4.05. The number of piperidine rings is 1. The molecule has 0 radical (unpaired) electrons. The number of hydrogen-bond acceptors (Lipinski definition) is 3. The quantitative estimate of drug-likeness (QED) is 0.918. The lowest BCUT2D eigenvalue weighted by Crippen LogP contribution is -2.35. The van der Waals surface area contributed by atoms with Crippen LogP contribution in [0.1, 0.15) is 31.2 Å². The van der Waals surface area contributed by atoms with Gasteiger partial charge in [-0.05, 0) is 55.5 Å². The van der Waals surface area contributed by atoms with Crippen LogP contribution in [0.4, 0.5) is 4.39 Å². The SMILES string of the molecule is O=C(O)CCC1CCCN(Cc2cc(F)cc3cccnc23)C1. The zero-order valence-corrected chi connectivity index (χ0v) is 13.0. The number of carboxylic acid groups (broad SMARTS) is 1. The minimum absolute atomic E-state index is 0.225. The topological polar surface area (TPSA) is 53.4 Å². The minimum atomic E-state index is -0.734. The molecule has 0 spiro atoms. The highest BCUT2D eigenvalue weighted by atomic mass is 19.1. The average molecular weight is 316 g/mol. The maximum Gasteiger partial charge on any atom is 0.303 e. The summed E-state index contributed by atoms with van der Waals surface area (Å²) < 4.78 is 13.8. The Morgan fingerprint density at radius 3 is 3.13 bits per heavy atom. The predicted octanol–water partition coefficient (Wildman–Crippen LogP) is 3.45. The lowest BCUT2D eigenvalue weighted by Gasteiger charge is -2.32. The van der Waals surface area contributed by atoms with Crippen molar-refractivity contribution in [3.8, 4) is 0 Å². The summed E-state index contributed by atoms with van der Waals surface area (Å²) in [5, 5.41) is 9.65. The van der Waals surface area contributed by atoms with Crippen molar-refractivity contribution in [2.24, 2.45) is 5.92 Å². The van der Waals surface area contributed by atoms with E-state index in [-0.39, 0.29) is 12.2 Å². The third-order valence-electron chi connectivity index (χ3n) is 4.51. The lowest BCUT2D eigenvalue weighted by atomic mass is 9.93. The summed E-state index contributed by atoms with van der Waals surface area (Å²) in [6, 6.07) is 6.77. The van der Waals surface area contributed by atoms with Crippen molar-refractivity contribution < 1.29 is 14.3 Å². The number of aliphatic carboxylic acids is 1. The van der Waals surface area contributed by atoms with Crippen LogP contribution in [0.3, 0.4) is 0 Å². The Balaban J connectivity index is 1.72. The Morgan fingerprint density at radius 2 is 2.30 bits per heavy atom. The third-order valence-corrected chi connectivity index (χ3v) is 4.51. The number of likely N-dealkylation sites (tertiary alicyclic amines) is 1. The molecule has 1 aromatic carbocycles. The molecule has 5 heteroatoms. The summed E-state index contributed by atoms with van der Waals surface area (Å²) in [6.45, 7) is 2.50. The Bertz CT molecular complexity index is 704. The summed E-state index contributed by atoms with van der Waals surface area (Å²) in [6.07, 6.45) is 4.81. The molecule has 0 bridgehead atoms. The fourth-order valence-corrected chi connectivity index (χ4v) is 3.45. The van der Waals surface area contributed by atoms with Gasteiger partial charge in [-0.25, -0.2) is 4.39 Å². The van der Waals surface area contributed by atoms with Gasteiger partial charge in [0, 0.05) is 31.1 Å². The van der Waals surface area contributed by atoms with Crippen molar-refractivity contribution in [1.82, 2.24) is 9.88 Å². The highest BCUT2D eigenvalue weighted by Gasteiger charge is 2.21. The fourth-order valence-electron chi connectivity index (χ4n) is 3.45. The largest absolute Gasteiger partial charge is 0.481 e. The average Bonchev–Trinajstić information content (AvgIpc) is 2.53. The Morgan fingerprint density at radius 1 is 1.43 bits per heavy atom. The van der Waals surface area contributed by atoms with E-state index in [4.69, 9.17) is 5.11 Å². The summed E-state index contributed by atoms with van der Waals surface area (Å²) in [7, 11) is 0. The van der Waals surface area contributed by atoms with Crippen LogP contribution in [0.15, 0.2) is 30.5 Å². The van der Waals surface area contributed by atoms with Crippen molar-refractivity contribution in [2.75, 3.05) is 13.1 Å². The molecule has 0 aliphatic carbocycles. The van der Waals surface area contributed by atoms with Crippen LogP contribution in [-0.2, 0) is 11.3 Å². The van der Waals surface area contributed by atoms with Crippen molar-refractivity contribution in [2.45, 2.75) is 32.2 Å². The molecule has 0 amide bonds. The van der Waals surface area contributed by atoms with E-state index >= 15 is 0 Å². The Kier molecular flexibility index (Phi) is 4.86. The number of pyridine rings is 1. The van der Waals surface area contributed by atoms with Gasteiger partial charge in [-0.15, -0.1) is 0 Å². The second-order valence-corrected chi connectivity index (χ2v) is 6.32. The van der Waals surface area contributed by atoms with E-state index in [2.05, 4.69) is 9.88 Å². The molecule has 1 atom stereocenters. The van der Waals surface area contributed by atoms with Crippen LogP contribution in [-0.4, -0.2) is 34.0 Å². The molecular weight excluding hydrogens is 295 g/mol. The number of carbonyl (C=O) groups is 1. The Labute approximate surface area is 134 Å². The smallest absolute Gasteiger partial charge is 0.303 e. The lowest BCUT2D eigenvalue weighted by molar-refractivity contribution is -0.137. The second kappa shape index (κ2) is 7.04. The van der Waals surface area contributed by atoms with Gasteiger partial charge in [0.2, 0.25) is 0 Å². The summed E-state index contributed by atoms with van der Waals surface area (Å²) in [4.78, 5) is 17.4. The minimum Gasteiger partial charge on any atom is -0.481 e. The summed E-state index contributed by atoms with van der Waals surface area (Å²) in [5.74, 6) is -0.560. The molecule has 2 aromatic rings. The van der Waals surface area contributed by atoms with Gasteiger partial charge in [-0.3, -0.25) is 14.7 Å². The molecule has 1 aromatic heterocycles. The van der Waals surface area contributed by atoms with Crippen LogP contribution in [0.2, 0.25) is 0 Å². The van der Waals surface area contributed by atoms with Crippen molar-refractivity contribution in [3.05, 3.63) is 41.8 Å². The summed E-state index contributed by atoms with van der Waals surface area (Å²) >= 11 is 0. The number of aromatic nitrogens is 1. The first kappa shape index (κ1) is 15.9. The molecule has 4 nitrogen and oxygen atoms in total. The van der Waals surface area contributed by atoms with E-state index in [0.29, 0.717) is 18.9 Å². The van der Waals surface area contributed by atoms with Gasteiger partial charge in [-0.1, -0.05) is 6.07 Å². The van der Waals surface area contributed by atoms with E-state index in [9.17, 15) is 9.18 Å². The zero-order valence-electron chi connectivity index (χ0n) is 13.0. The van der Waals surface area contributed by atoms with Crippen LogP contribution in [0.25, 0.3) is 10.9 Å². The maximum atomic E-state index is 13.8. The molecule has 0 saturated carbocycles. The first-order chi connectivity index (χ1) is 11.1. The molecule has 23 heavy (non-hydrogen) atoms. The van der Waals surface area contributed by atoms with Crippen LogP contribution in [0.5, 0.6) is 0 Å². The van der Waals surface area contributed by atoms with Gasteiger partial charge in [0.25, 0.3) is 0 Å². The van der Waals surface area contributed by atoms with Gasteiger partial charge in [0.05, 0.1) is 5.52 Å². The molecule has 1 saturated heterocycles. The normalized spacial score (nSPS) is 19.1. The molecule has 3 rings (SSSR count). The summed E-state index contributed by atoms with van der Waals surface area (Å²) in [5.41, 5.74) is 1.75. The zero-order chi connectivity index (χ0) is 16.2. The standard InChI is InChI=1S/C18H21FN2O2/c19-16-9-14-4-1-7-20-18(14)15(10-16)12-21-8-2-3-13(11-21)5-6-17(22)23/h1,4,7,9-10,13H,2-3,5-6,8,11-12H2,(H,22,23). The predicted molar refractivity (Wildman–Crippen MR) is 86.6 cm³/mol. The van der Waals surface area contributed by atoms with E-state index in [1.165, 1.54) is 6.07 Å². The fraction of sp³-hybridized carbons (Fsp3) is 0.444. The number of rotatable bonds is 5. The molecule has 1 N–H and O–H groups in total. The molecule has 1 aliphatic heterocycles. The van der Waals surface area contributed by atoms with Gasteiger partial charge in [-0.2, -0.15) is 0 Å². The number of halogens is 1. The van der Waals surface area contributed by atoms with Crippen LogP contribution < -0.4 is 0 Å². The van der Waals surface area contributed by atoms with E-state index in [1.54, 1.807) is 12.3 Å². The second-order valence-electron chi connectivity index (χ2n) is 6.32. The molecule has 2 heterocycles. The van der Waals surface area contributed by atoms with Crippen molar-refractivity contribution in [1.29, 1.82) is 0 Å². The molecule has 1 unspecified atom stereocenters. The molecule has 122 valence electrons. The van der Waals surface area contributed by atoms with Gasteiger partial charge < -0.3 is 5.11 Å². The number of hydrogen-bond donors (Lipinski definition) is 1. The number of benzene rings is 1. The van der Waals surface area contributed by atoms with E-state index in [1.807, 2.05) is 12.1 Å². The molecular formula is C18H21FN2O2. The first-order valence-electron chi connectivity index (χ1n) is 8.09. The number of carboxylic acids is 1. The van der Waals surface area contributed by atoms with Crippen molar-refractivity contribution in [3.63, 3.8) is 0 Å². The molecule has 1 fully saturated rings. The molecule has 1 aliphatic rings. The van der Waals surface area contributed by atoms with E-state index < -0.39 is 5.97 Å². The van der Waals surface area contributed by atoms with Gasteiger partial charge in [0.15, 0.2) is 0 Å². The number of nitrogens with zero attached hydrogens (tertiary/aromatic N) is 2. The van der Waals surface area contributed by atoms with Crippen LogP contribution >= 0.6 is 0 Å². The first-order valence-corrected chi connectivity index (χ1v) is 8.09. The monoisotopic (exact) mass is 316 g/mol. The number of fused-ring (bicyclic) bond motifs is 1. The van der Waals surface area contributed by atoms with Gasteiger partial charge >= 0.3 is 5.97 Å². The van der Waals surface area contributed by atoms with E-state index in [0.717, 1.165) is 42.4 Å². The highest BCUT2D eigenvalue weighted by Crippen LogP contribution is 2.25.